The first-order valence-corrected chi connectivity index (χ1v) is 7.61. The number of hydrogen-bond donors (Lipinski definition) is 0. The van der Waals surface area contributed by atoms with Crippen molar-refractivity contribution in [3.8, 4) is 0 Å². The van der Waals surface area contributed by atoms with E-state index in [0.29, 0.717) is 5.41 Å². The van der Waals surface area contributed by atoms with Crippen LogP contribution in [0, 0.1) is 17.3 Å². The standard InChI is InChI=1S/C17H34/c1-7-10-12-13-15(4)17(5,6)16(9-3)14-11-8-2/h8,11,15-16H,7,9-10,12-14H2,1-6H3. The Morgan fingerprint density at radius 3 is 2.24 bits per heavy atom. The van der Waals surface area contributed by atoms with Crippen molar-refractivity contribution >= 4 is 0 Å². The Labute approximate surface area is 110 Å². The van der Waals surface area contributed by atoms with Gasteiger partial charge in [0.15, 0.2) is 0 Å². The molecule has 0 rings (SSSR count). The molecule has 0 heterocycles. The Hall–Kier alpha value is -0.260. The molecule has 0 spiro atoms. The minimum atomic E-state index is 0.474. The van der Waals surface area contributed by atoms with Gasteiger partial charge in [0.25, 0.3) is 0 Å². The van der Waals surface area contributed by atoms with E-state index >= 15 is 0 Å². The van der Waals surface area contributed by atoms with Crippen LogP contribution in [0.2, 0.25) is 0 Å². The van der Waals surface area contributed by atoms with Crippen LogP contribution in [-0.2, 0) is 0 Å². The molecular formula is C17H34. The maximum Gasteiger partial charge on any atom is -0.0297 e. The van der Waals surface area contributed by atoms with Crippen molar-refractivity contribution in [1.82, 2.24) is 0 Å². The van der Waals surface area contributed by atoms with Crippen LogP contribution < -0.4 is 0 Å². The van der Waals surface area contributed by atoms with Crippen LogP contribution in [-0.4, -0.2) is 0 Å². The predicted molar refractivity (Wildman–Crippen MR) is 80.3 cm³/mol. The number of unbranched alkanes of at least 4 members (excludes halogenated alkanes) is 2. The number of rotatable bonds is 9. The first-order chi connectivity index (χ1) is 8.00. The fourth-order valence-corrected chi connectivity index (χ4v) is 2.77. The quantitative estimate of drug-likeness (QED) is 0.330. The zero-order valence-electron chi connectivity index (χ0n) is 13.1. The van der Waals surface area contributed by atoms with E-state index in [2.05, 4.69) is 53.7 Å². The Kier molecular flexibility index (Phi) is 8.64. The zero-order valence-corrected chi connectivity index (χ0v) is 13.1. The Morgan fingerprint density at radius 1 is 1.12 bits per heavy atom. The first kappa shape index (κ1) is 16.7. The van der Waals surface area contributed by atoms with Crippen LogP contribution in [0.25, 0.3) is 0 Å². The lowest BCUT2D eigenvalue weighted by molar-refractivity contribution is 0.114. The number of hydrogen-bond acceptors (Lipinski definition) is 0. The van der Waals surface area contributed by atoms with Crippen molar-refractivity contribution in [2.24, 2.45) is 17.3 Å². The van der Waals surface area contributed by atoms with Crippen LogP contribution >= 0.6 is 0 Å². The third kappa shape index (κ3) is 5.75. The van der Waals surface area contributed by atoms with Gasteiger partial charge in [0.2, 0.25) is 0 Å². The van der Waals surface area contributed by atoms with Crippen LogP contribution in [0.5, 0.6) is 0 Å². The maximum atomic E-state index is 2.47. The van der Waals surface area contributed by atoms with Gasteiger partial charge in [-0.05, 0) is 30.6 Å². The van der Waals surface area contributed by atoms with E-state index in [1.807, 2.05) is 0 Å². The van der Waals surface area contributed by atoms with Crippen molar-refractivity contribution in [2.75, 3.05) is 0 Å². The molecule has 0 aliphatic carbocycles. The summed E-state index contributed by atoms with van der Waals surface area (Å²) in [6.45, 7) is 14.2. The van der Waals surface area contributed by atoms with Gasteiger partial charge >= 0.3 is 0 Å². The summed E-state index contributed by atoms with van der Waals surface area (Å²) >= 11 is 0. The fourth-order valence-electron chi connectivity index (χ4n) is 2.77. The van der Waals surface area contributed by atoms with Gasteiger partial charge in [-0.2, -0.15) is 0 Å². The molecule has 0 bridgehead atoms. The van der Waals surface area contributed by atoms with Gasteiger partial charge in [-0.3, -0.25) is 0 Å². The van der Waals surface area contributed by atoms with Gasteiger partial charge in [-0.25, -0.2) is 0 Å². The summed E-state index contributed by atoms with van der Waals surface area (Å²) < 4.78 is 0. The molecule has 0 amide bonds. The van der Waals surface area contributed by atoms with Crippen molar-refractivity contribution in [2.45, 2.75) is 80.1 Å². The van der Waals surface area contributed by atoms with E-state index in [-0.39, 0.29) is 0 Å². The molecule has 0 aromatic heterocycles. The normalized spacial score (nSPS) is 16.4. The molecule has 0 fully saturated rings. The second-order valence-corrected chi connectivity index (χ2v) is 6.13. The lowest BCUT2D eigenvalue weighted by atomic mass is 9.66. The first-order valence-electron chi connectivity index (χ1n) is 7.61. The van der Waals surface area contributed by atoms with Crippen LogP contribution in [0.3, 0.4) is 0 Å². The van der Waals surface area contributed by atoms with Crippen LogP contribution in [0.15, 0.2) is 12.2 Å². The highest BCUT2D eigenvalue weighted by molar-refractivity contribution is 4.89. The molecule has 0 saturated heterocycles. The largest absolute Gasteiger partial charge is 0.0917 e. The zero-order chi connectivity index (χ0) is 13.3. The molecule has 0 aromatic rings. The van der Waals surface area contributed by atoms with E-state index in [1.54, 1.807) is 0 Å². The molecule has 0 nitrogen and oxygen atoms in total. The van der Waals surface area contributed by atoms with Crippen molar-refractivity contribution in [1.29, 1.82) is 0 Å². The molecule has 2 atom stereocenters. The van der Waals surface area contributed by atoms with Crippen LogP contribution in [0.4, 0.5) is 0 Å². The van der Waals surface area contributed by atoms with E-state index in [0.717, 1.165) is 11.8 Å². The minimum absolute atomic E-state index is 0.474. The molecule has 17 heavy (non-hydrogen) atoms. The summed E-state index contributed by atoms with van der Waals surface area (Å²) in [5.74, 6) is 1.67. The minimum Gasteiger partial charge on any atom is -0.0917 e. The second kappa shape index (κ2) is 8.78. The average Bonchev–Trinajstić information content (AvgIpc) is 2.30. The molecule has 0 heteroatoms. The van der Waals surface area contributed by atoms with Gasteiger partial charge in [-0.1, -0.05) is 78.9 Å². The highest BCUT2D eigenvalue weighted by Crippen LogP contribution is 2.41. The molecule has 0 aromatic carbocycles. The van der Waals surface area contributed by atoms with E-state index in [4.69, 9.17) is 0 Å². The Balaban J connectivity index is 4.36. The van der Waals surface area contributed by atoms with Gasteiger partial charge in [0.1, 0.15) is 0 Å². The maximum absolute atomic E-state index is 2.47. The molecular weight excluding hydrogens is 204 g/mol. The van der Waals surface area contributed by atoms with Gasteiger partial charge in [-0.15, -0.1) is 0 Å². The molecule has 0 aliphatic rings. The lowest BCUT2D eigenvalue weighted by Gasteiger charge is -2.39. The van der Waals surface area contributed by atoms with Crippen molar-refractivity contribution in [3.63, 3.8) is 0 Å². The van der Waals surface area contributed by atoms with E-state index in [1.165, 1.54) is 38.5 Å². The molecule has 0 N–H and O–H groups in total. The average molecular weight is 238 g/mol. The summed E-state index contributed by atoms with van der Waals surface area (Å²) in [7, 11) is 0. The van der Waals surface area contributed by atoms with Gasteiger partial charge in [0, 0.05) is 0 Å². The summed E-state index contributed by atoms with van der Waals surface area (Å²) in [5.41, 5.74) is 0.474. The Morgan fingerprint density at radius 2 is 1.76 bits per heavy atom. The van der Waals surface area contributed by atoms with E-state index < -0.39 is 0 Å². The Bertz CT molecular complexity index is 200. The smallest absolute Gasteiger partial charge is 0.0297 e. The van der Waals surface area contributed by atoms with E-state index in [9.17, 15) is 0 Å². The summed E-state index contributed by atoms with van der Waals surface area (Å²) in [4.78, 5) is 0. The van der Waals surface area contributed by atoms with Crippen molar-refractivity contribution < 1.29 is 0 Å². The topological polar surface area (TPSA) is 0 Å². The molecule has 0 radical (unpaired) electrons. The van der Waals surface area contributed by atoms with Gasteiger partial charge < -0.3 is 0 Å². The summed E-state index contributed by atoms with van der Waals surface area (Å²) in [5, 5.41) is 0. The third-order valence-corrected chi connectivity index (χ3v) is 4.71. The SMILES string of the molecule is CC=CCC(CC)C(C)(C)C(C)CCCCC. The van der Waals surface area contributed by atoms with Gasteiger partial charge in [0.05, 0.1) is 0 Å². The molecule has 0 saturated carbocycles. The molecule has 2 unspecified atom stereocenters. The fraction of sp³-hybridized carbons (Fsp3) is 0.882. The highest BCUT2D eigenvalue weighted by Gasteiger charge is 2.32. The highest BCUT2D eigenvalue weighted by atomic mass is 14.4. The third-order valence-electron chi connectivity index (χ3n) is 4.71. The van der Waals surface area contributed by atoms with Crippen LogP contribution in [0.1, 0.15) is 80.1 Å². The molecule has 102 valence electrons. The summed E-state index contributed by atoms with van der Waals surface area (Å²) in [6.07, 6.45) is 12.6. The second-order valence-electron chi connectivity index (χ2n) is 6.13. The lowest BCUT2D eigenvalue weighted by Crippen LogP contribution is -2.30. The number of allylic oxidation sites excluding steroid dienone is 2. The predicted octanol–water partition coefficient (Wildman–Crippen LogP) is 6.22. The monoisotopic (exact) mass is 238 g/mol. The molecule has 0 aliphatic heterocycles. The van der Waals surface area contributed by atoms with Crippen molar-refractivity contribution in [3.05, 3.63) is 12.2 Å². The summed E-state index contributed by atoms with van der Waals surface area (Å²) in [6, 6.07) is 0.